The summed E-state index contributed by atoms with van der Waals surface area (Å²) in [7, 11) is -3.48. The summed E-state index contributed by atoms with van der Waals surface area (Å²) in [6.07, 6.45) is -0.803. The number of hydrogen-bond donors (Lipinski definition) is 2. The van der Waals surface area contributed by atoms with Gasteiger partial charge < -0.3 is 19.8 Å². The molecule has 0 aromatic heterocycles. The minimum Gasteiger partial charge on any atom is -0.481 e. The van der Waals surface area contributed by atoms with Gasteiger partial charge >= 0.3 is 12.1 Å². The molecule has 1 amide bonds. The zero-order chi connectivity index (χ0) is 17.7. The summed E-state index contributed by atoms with van der Waals surface area (Å²) in [6, 6.07) is 0. The lowest BCUT2D eigenvalue weighted by molar-refractivity contribution is -0.164. The van der Waals surface area contributed by atoms with Crippen LogP contribution in [0.25, 0.3) is 0 Å². The van der Waals surface area contributed by atoms with Gasteiger partial charge in [-0.3, -0.25) is 4.79 Å². The van der Waals surface area contributed by atoms with Crippen molar-refractivity contribution in [2.24, 2.45) is 5.41 Å². The van der Waals surface area contributed by atoms with Gasteiger partial charge in [0.2, 0.25) is 0 Å². The number of carbonyl (C=O) groups is 2. The normalized spacial score (nSPS) is 33.7. The van der Waals surface area contributed by atoms with Crippen molar-refractivity contribution in [2.75, 3.05) is 24.6 Å². The van der Waals surface area contributed by atoms with E-state index < -0.39 is 44.3 Å². The minimum atomic E-state index is -3.48. The number of aliphatic carboxylic acids is 1. The molecule has 2 aliphatic rings. The van der Waals surface area contributed by atoms with E-state index in [-0.39, 0.29) is 31.7 Å². The number of carbonyl (C=O) groups excluding carboxylic acids is 1. The monoisotopic (exact) mass is 349 g/mol. The number of carboxylic acids is 1. The smallest absolute Gasteiger partial charge is 0.410 e. The van der Waals surface area contributed by atoms with Gasteiger partial charge in [0.1, 0.15) is 11.0 Å². The third kappa shape index (κ3) is 3.30. The molecule has 2 rings (SSSR count). The van der Waals surface area contributed by atoms with E-state index in [1.165, 1.54) is 4.90 Å². The molecule has 0 aromatic carbocycles. The van der Waals surface area contributed by atoms with Gasteiger partial charge in [0.05, 0.1) is 17.1 Å². The molecule has 2 unspecified atom stereocenters. The van der Waals surface area contributed by atoms with Crippen molar-refractivity contribution in [1.82, 2.24) is 4.90 Å². The Morgan fingerprint density at radius 1 is 1.22 bits per heavy atom. The van der Waals surface area contributed by atoms with Crippen LogP contribution in [-0.2, 0) is 19.4 Å². The molecule has 2 N–H and O–H groups in total. The number of nitrogens with zero attached hydrogens (tertiary/aromatic N) is 1. The van der Waals surface area contributed by atoms with Crippen molar-refractivity contribution >= 4 is 21.9 Å². The van der Waals surface area contributed by atoms with Crippen molar-refractivity contribution < 1.29 is 33.0 Å². The maximum absolute atomic E-state index is 12.1. The summed E-state index contributed by atoms with van der Waals surface area (Å²) in [5, 5.41) is 20.4. The van der Waals surface area contributed by atoms with Gasteiger partial charge in [-0.15, -0.1) is 0 Å². The van der Waals surface area contributed by atoms with Gasteiger partial charge in [0.25, 0.3) is 0 Å². The van der Waals surface area contributed by atoms with E-state index in [0.717, 1.165) is 0 Å². The number of rotatable bonds is 2. The van der Waals surface area contributed by atoms with Crippen LogP contribution in [0.15, 0.2) is 0 Å². The lowest BCUT2D eigenvalue weighted by atomic mass is 9.70. The van der Waals surface area contributed by atoms with Gasteiger partial charge in [-0.2, -0.15) is 0 Å². The number of amides is 1. The number of ether oxygens (including phenoxy) is 1. The van der Waals surface area contributed by atoms with Gasteiger partial charge in [-0.1, -0.05) is 0 Å². The highest BCUT2D eigenvalue weighted by molar-refractivity contribution is 7.91. The molecule has 0 bridgehead atoms. The molecule has 2 heterocycles. The fraction of sp³-hybridized carbons (Fsp3) is 0.857. The molecule has 132 valence electrons. The molecule has 9 heteroatoms. The Bertz CT molecular complexity index is 624. The van der Waals surface area contributed by atoms with Crippen LogP contribution in [0.2, 0.25) is 0 Å². The Balaban J connectivity index is 2.25. The van der Waals surface area contributed by atoms with Crippen LogP contribution >= 0.6 is 0 Å². The molecule has 23 heavy (non-hydrogen) atoms. The molecule has 8 nitrogen and oxygen atoms in total. The maximum atomic E-state index is 12.1. The van der Waals surface area contributed by atoms with Crippen LogP contribution < -0.4 is 0 Å². The topological polar surface area (TPSA) is 121 Å². The molecule has 2 aliphatic heterocycles. The Kier molecular flexibility index (Phi) is 4.18. The number of carboxylic acid groups (broad SMARTS) is 1. The lowest BCUT2D eigenvalue weighted by Crippen LogP contribution is -2.56. The second kappa shape index (κ2) is 5.34. The molecular weight excluding hydrogens is 326 g/mol. The quantitative estimate of drug-likeness (QED) is 0.733. The van der Waals surface area contributed by atoms with Gasteiger partial charge in [-0.25, -0.2) is 13.2 Å². The zero-order valence-corrected chi connectivity index (χ0v) is 14.4. The van der Waals surface area contributed by atoms with E-state index in [9.17, 15) is 28.2 Å². The molecule has 0 radical (unpaired) electrons. The van der Waals surface area contributed by atoms with E-state index in [1.54, 1.807) is 20.8 Å². The second-order valence-electron chi connectivity index (χ2n) is 7.41. The van der Waals surface area contributed by atoms with Crippen LogP contribution in [0.5, 0.6) is 0 Å². The largest absolute Gasteiger partial charge is 0.481 e. The Morgan fingerprint density at radius 3 is 2.26 bits per heavy atom. The molecule has 0 aromatic rings. The highest BCUT2D eigenvalue weighted by Gasteiger charge is 2.63. The fourth-order valence-corrected chi connectivity index (χ4v) is 5.20. The third-order valence-electron chi connectivity index (χ3n) is 4.51. The van der Waals surface area contributed by atoms with Crippen molar-refractivity contribution in [3.63, 3.8) is 0 Å². The first-order chi connectivity index (χ1) is 10.3. The Hall–Kier alpha value is -1.35. The molecular formula is C14H23NO7S. The SMILES string of the molecule is CC(C)(C)OC(=O)N1CCC(C(=O)O)(C2(O)CCS(=O)(=O)C2)C1. The lowest BCUT2D eigenvalue weighted by Gasteiger charge is -2.38. The predicted octanol–water partition coefficient (Wildman–Crippen LogP) is 0.248. The summed E-state index contributed by atoms with van der Waals surface area (Å²) >= 11 is 0. The molecule has 2 atom stereocenters. The third-order valence-corrected chi connectivity index (χ3v) is 6.25. The van der Waals surface area contributed by atoms with Crippen LogP contribution in [0, 0.1) is 5.41 Å². The van der Waals surface area contributed by atoms with E-state index in [2.05, 4.69) is 0 Å². The van der Waals surface area contributed by atoms with Crippen LogP contribution in [-0.4, -0.2) is 71.4 Å². The Labute approximate surface area is 135 Å². The predicted molar refractivity (Wildman–Crippen MR) is 80.7 cm³/mol. The van der Waals surface area contributed by atoms with Crippen molar-refractivity contribution in [1.29, 1.82) is 0 Å². The standard InChI is InChI=1S/C14H23NO7S/c1-12(2,3)22-11(18)15-6-4-13(8-15,10(16)17)14(19)5-7-23(20,21)9-14/h19H,4-9H2,1-3H3,(H,16,17). The molecule has 0 aliphatic carbocycles. The van der Waals surface area contributed by atoms with Gasteiger partial charge in [0.15, 0.2) is 9.84 Å². The first-order valence-corrected chi connectivity index (χ1v) is 9.27. The van der Waals surface area contributed by atoms with Crippen LogP contribution in [0.3, 0.4) is 0 Å². The summed E-state index contributed by atoms with van der Waals surface area (Å²) < 4.78 is 28.7. The molecule has 0 spiro atoms. The summed E-state index contributed by atoms with van der Waals surface area (Å²) in [6.45, 7) is 4.93. The van der Waals surface area contributed by atoms with Crippen molar-refractivity contribution in [3.05, 3.63) is 0 Å². The zero-order valence-electron chi connectivity index (χ0n) is 13.5. The first kappa shape index (κ1) is 18.0. The van der Waals surface area contributed by atoms with Gasteiger partial charge in [0, 0.05) is 13.1 Å². The molecule has 2 fully saturated rings. The second-order valence-corrected chi connectivity index (χ2v) is 9.60. The molecule has 0 saturated carbocycles. The summed E-state index contributed by atoms with van der Waals surface area (Å²) in [5.74, 6) is -2.12. The average Bonchev–Trinajstić information content (AvgIpc) is 2.91. The van der Waals surface area contributed by atoms with E-state index in [4.69, 9.17) is 4.74 Å². The number of aliphatic hydroxyl groups is 1. The first-order valence-electron chi connectivity index (χ1n) is 7.44. The van der Waals surface area contributed by atoms with Crippen molar-refractivity contribution in [2.45, 2.75) is 44.8 Å². The highest BCUT2D eigenvalue weighted by Crippen LogP contribution is 2.46. The fourth-order valence-electron chi connectivity index (χ4n) is 3.26. The summed E-state index contributed by atoms with van der Waals surface area (Å²) in [4.78, 5) is 25.2. The minimum absolute atomic E-state index is 0.00635. The van der Waals surface area contributed by atoms with Crippen LogP contribution in [0.4, 0.5) is 4.79 Å². The van der Waals surface area contributed by atoms with Crippen LogP contribution in [0.1, 0.15) is 33.6 Å². The van der Waals surface area contributed by atoms with E-state index in [1.807, 2.05) is 0 Å². The van der Waals surface area contributed by atoms with E-state index in [0.29, 0.717) is 0 Å². The molecule has 2 saturated heterocycles. The highest BCUT2D eigenvalue weighted by atomic mass is 32.2. The van der Waals surface area contributed by atoms with Gasteiger partial charge in [-0.05, 0) is 33.6 Å². The Morgan fingerprint density at radius 2 is 1.83 bits per heavy atom. The number of hydrogen-bond acceptors (Lipinski definition) is 6. The summed E-state index contributed by atoms with van der Waals surface area (Å²) in [5.41, 5.74) is -4.28. The maximum Gasteiger partial charge on any atom is 0.410 e. The average molecular weight is 349 g/mol. The van der Waals surface area contributed by atoms with Crippen molar-refractivity contribution in [3.8, 4) is 0 Å². The number of likely N-dealkylation sites (tertiary alicyclic amines) is 1. The van der Waals surface area contributed by atoms with E-state index >= 15 is 0 Å². The number of sulfone groups is 1.